The van der Waals surface area contributed by atoms with Gasteiger partial charge in [0.05, 0.1) is 0 Å². The van der Waals surface area contributed by atoms with Gasteiger partial charge in [-0.05, 0) is 36.0 Å². The number of hydrogen-bond donors (Lipinski definition) is 0. The molecule has 96 valence electrons. The first kappa shape index (κ1) is 12.2. The van der Waals surface area contributed by atoms with Gasteiger partial charge in [0.25, 0.3) is 0 Å². The van der Waals surface area contributed by atoms with E-state index in [-0.39, 0.29) is 0 Å². The molecular weight excluding hydrogens is 230 g/mol. The molecule has 1 aromatic rings. The molecule has 0 radical (unpaired) electrons. The Labute approximate surface area is 115 Å². The minimum atomic E-state index is 0.558. The highest BCUT2D eigenvalue weighted by atomic mass is 14.7. The largest absolute Gasteiger partial charge is 0.261 e. The second kappa shape index (κ2) is 5.40. The van der Waals surface area contributed by atoms with E-state index >= 15 is 0 Å². The predicted molar refractivity (Wildman–Crippen MR) is 82.1 cm³/mol. The fourth-order valence-electron chi connectivity index (χ4n) is 2.78. The number of rotatable bonds is 2. The third-order valence-corrected chi connectivity index (χ3v) is 3.90. The lowest BCUT2D eigenvalue weighted by Gasteiger charge is -2.21. The van der Waals surface area contributed by atoms with Gasteiger partial charge in [0.1, 0.15) is 0 Å². The Morgan fingerprint density at radius 2 is 1.74 bits per heavy atom. The standard InChI is InChI=1S/C18H19N/c1-14-6-5-13-19-18(14)17-11-9-16(10-12-17)15-7-3-2-4-8-15/h2-5,7-9,11,13-14H,6,10,12H2,1H3. The minimum Gasteiger partial charge on any atom is -0.261 e. The predicted octanol–water partition coefficient (Wildman–Crippen LogP) is 4.78. The Bertz CT molecular complexity index is 573. The SMILES string of the molecule is CC1CC=CN=C1C1=CC=C(c2ccccc2)CC1. The maximum absolute atomic E-state index is 4.57. The molecule has 0 amide bonds. The molecule has 1 aromatic carbocycles. The van der Waals surface area contributed by atoms with Crippen LogP contribution in [0.15, 0.2) is 65.3 Å². The molecule has 3 rings (SSSR count). The maximum atomic E-state index is 4.57. The number of allylic oxidation sites excluding steroid dienone is 5. The normalized spacial score (nSPS) is 22.6. The second-order valence-corrected chi connectivity index (χ2v) is 5.29. The molecule has 0 N–H and O–H groups in total. The van der Waals surface area contributed by atoms with Crippen molar-refractivity contribution in [2.75, 3.05) is 0 Å². The van der Waals surface area contributed by atoms with E-state index < -0.39 is 0 Å². The van der Waals surface area contributed by atoms with Crippen molar-refractivity contribution in [3.05, 3.63) is 65.9 Å². The average Bonchev–Trinajstić information content (AvgIpc) is 2.49. The Kier molecular flexibility index (Phi) is 3.45. The fourth-order valence-corrected chi connectivity index (χ4v) is 2.78. The zero-order valence-corrected chi connectivity index (χ0v) is 11.3. The molecule has 19 heavy (non-hydrogen) atoms. The van der Waals surface area contributed by atoms with E-state index in [1.165, 1.54) is 22.4 Å². The Morgan fingerprint density at radius 3 is 2.42 bits per heavy atom. The van der Waals surface area contributed by atoms with Gasteiger partial charge in [0.15, 0.2) is 0 Å². The van der Waals surface area contributed by atoms with Gasteiger partial charge in [0.2, 0.25) is 0 Å². The van der Waals surface area contributed by atoms with E-state index in [2.05, 4.69) is 60.5 Å². The van der Waals surface area contributed by atoms with Crippen LogP contribution in [-0.4, -0.2) is 5.71 Å². The lowest BCUT2D eigenvalue weighted by atomic mass is 9.86. The molecule has 0 saturated heterocycles. The van der Waals surface area contributed by atoms with E-state index in [1.54, 1.807) is 0 Å². The summed E-state index contributed by atoms with van der Waals surface area (Å²) in [4.78, 5) is 4.57. The molecule has 1 atom stereocenters. The third kappa shape index (κ3) is 2.60. The fraction of sp³-hybridized carbons (Fsp3) is 0.278. The van der Waals surface area contributed by atoms with Crippen molar-refractivity contribution in [1.29, 1.82) is 0 Å². The Morgan fingerprint density at radius 1 is 1.00 bits per heavy atom. The van der Waals surface area contributed by atoms with Gasteiger partial charge in [-0.25, -0.2) is 0 Å². The van der Waals surface area contributed by atoms with Crippen LogP contribution in [0.25, 0.3) is 5.57 Å². The Balaban J connectivity index is 1.85. The van der Waals surface area contributed by atoms with Crippen molar-refractivity contribution in [1.82, 2.24) is 0 Å². The first-order chi connectivity index (χ1) is 9.34. The van der Waals surface area contributed by atoms with Crippen molar-refractivity contribution in [3.8, 4) is 0 Å². The van der Waals surface area contributed by atoms with Crippen LogP contribution >= 0.6 is 0 Å². The molecule has 1 aliphatic carbocycles. The van der Waals surface area contributed by atoms with Crippen molar-refractivity contribution < 1.29 is 0 Å². The highest BCUT2D eigenvalue weighted by Crippen LogP contribution is 2.30. The summed E-state index contributed by atoms with van der Waals surface area (Å²) in [7, 11) is 0. The van der Waals surface area contributed by atoms with Gasteiger partial charge in [-0.3, -0.25) is 4.99 Å². The summed E-state index contributed by atoms with van der Waals surface area (Å²) in [5, 5.41) is 0. The van der Waals surface area contributed by atoms with Gasteiger partial charge in [-0.2, -0.15) is 0 Å². The minimum absolute atomic E-state index is 0.558. The number of nitrogens with zero attached hydrogens (tertiary/aromatic N) is 1. The lowest BCUT2D eigenvalue weighted by molar-refractivity contribution is 0.769. The molecule has 0 aromatic heterocycles. The molecule has 1 heteroatoms. The van der Waals surface area contributed by atoms with Crippen molar-refractivity contribution in [3.63, 3.8) is 0 Å². The van der Waals surface area contributed by atoms with Crippen LogP contribution < -0.4 is 0 Å². The molecule has 0 bridgehead atoms. The summed E-state index contributed by atoms with van der Waals surface area (Å²) in [6.07, 6.45) is 12.0. The van der Waals surface area contributed by atoms with Crippen molar-refractivity contribution >= 4 is 11.3 Å². The van der Waals surface area contributed by atoms with Crippen LogP contribution in [0.1, 0.15) is 31.7 Å². The summed E-state index contributed by atoms with van der Waals surface area (Å²) in [5.41, 5.74) is 5.47. The second-order valence-electron chi connectivity index (χ2n) is 5.29. The molecule has 1 unspecified atom stereocenters. The van der Waals surface area contributed by atoms with E-state index in [1.807, 2.05) is 6.20 Å². The molecule has 2 aliphatic rings. The summed E-state index contributed by atoms with van der Waals surface area (Å²) in [6, 6.07) is 10.7. The van der Waals surface area contributed by atoms with Crippen LogP contribution in [0.2, 0.25) is 0 Å². The van der Waals surface area contributed by atoms with E-state index in [9.17, 15) is 0 Å². The van der Waals surface area contributed by atoms with Crippen molar-refractivity contribution in [2.24, 2.45) is 10.9 Å². The first-order valence-corrected chi connectivity index (χ1v) is 7.03. The van der Waals surface area contributed by atoms with E-state index in [0.717, 1.165) is 19.3 Å². The smallest absolute Gasteiger partial charge is 0.0466 e. The topological polar surface area (TPSA) is 12.4 Å². The van der Waals surface area contributed by atoms with Gasteiger partial charge in [-0.1, -0.05) is 55.5 Å². The van der Waals surface area contributed by atoms with Crippen LogP contribution in [0.3, 0.4) is 0 Å². The van der Waals surface area contributed by atoms with E-state index in [4.69, 9.17) is 0 Å². The first-order valence-electron chi connectivity index (χ1n) is 7.03. The zero-order valence-electron chi connectivity index (χ0n) is 11.3. The average molecular weight is 249 g/mol. The molecule has 0 spiro atoms. The van der Waals surface area contributed by atoms with E-state index in [0.29, 0.717) is 5.92 Å². The summed E-state index contributed by atoms with van der Waals surface area (Å²) < 4.78 is 0. The number of aliphatic imine (C=N–C) groups is 1. The highest BCUT2D eigenvalue weighted by Gasteiger charge is 2.18. The third-order valence-electron chi connectivity index (χ3n) is 3.90. The molecule has 0 saturated carbocycles. The van der Waals surface area contributed by atoms with Crippen molar-refractivity contribution in [2.45, 2.75) is 26.2 Å². The molecule has 0 fully saturated rings. The summed E-state index contributed by atoms with van der Waals surface area (Å²) in [6.45, 7) is 2.26. The number of hydrogen-bond acceptors (Lipinski definition) is 1. The Hall–Kier alpha value is -1.89. The molecule has 1 nitrogen and oxygen atoms in total. The van der Waals surface area contributed by atoms with Crippen LogP contribution in [0.4, 0.5) is 0 Å². The van der Waals surface area contributed by atoms with Crippen LogP contribution in [0.5, 0.6) is 0 Å². The van der Waals surface area contributed by atoms with Gasteiger partial charge in [-0.15, -0.1) is 0 Å². The zero-order chi connectivity index (χ0) is 13.1. The molecule has 1 aliphatic heterocycles. The summed E-state index contributed by atoms with van der Waals surface area (Å²) in [5.74, 6) is 0.558. The highest BCUT2D eigenvalue weighted by molar-refractivity contribution is 6.03. The van der Waals surface area contributed by atoms with Gasteiger partial charge in [0, 0.05) is 17.8 Å². The summed E-state index contributed by atoms with van der Waals surface area (Å²) >= 11 is 0. The van der Waals surface area contributed by atoms with Gasteiger partial charge < -0.3 is 0 Å². The van der Waals surface area contributed by atoms with Crippen LogP contribution in [-0.2, 0) is 0 Å². The molecule has 1 heterocycles. The van der Waals surface area contributed by atoms with Gasteiger partial charge >= 0.3 is 0 Å². The maximum Gasteiger partial charge on any atom is 0.0466 e. The lowest BCUT2D eigenvalue weighted by Crippen LogP contribution is -2.16. The molecular formula is C18H19N. The monoisotopic (exact) mass is 249 g/mol. The number of benzene rings is 1. The quantitative estimate of drug-likeness (QED) is 0.715. The van der Waals surface area contributed by atoms with Crippen LogP contribution in [0, 0.1) is 5.92 Å².